The maximum absolute atomic E-state index is 12.8. The number of allylic oxidation sites excluding steroid dienone is 2. The van der Waals surface area contributed by atoms with Gasteiger partial charge in [0.25, 0.3) is 0 Å². The maximum atomic E-state index is 12.8. The second-order valence-electron chi connectivity index (χ2n) is 5.99. The number of rotatable bonds is 2. The van der Waals surface area contributed by atoms with Crippen molar-refractivity contribution >= 4 is 5.57 Å². The van der Waals surface area contributed by atoms with Gasteiger partial charge in [-0.3, -0.25) is 4.68 Å². The molecule has 6 heteroatoms. The van der Waals surface area contributed by atoms with E-state index in [0.717, 1.165) is 11.1 Å². The van der Waals surface area contributed by atoms with Gasteiger partial charge in [-0.2, -0.15) is 23.5 Å². The molecule has 1 aliphatic carbocycles. The molecule has 1 aromatic carbocycles. The molecule has 0 spiro atoms. The molecule has 1 heterocycles. The molecule has 0 radical (unpaired) electrons. The lowest BCUT2D eigenvalue weighted by Crippen LogP contribution is -2.24. The van der Waals surface area contributed by atoms with E-state index in [1.54, 1.807) is 36.1 Å². The Bertz CT molecular complexity index is 825. The van der Waals surface area contributed by atoms with E-state index in [4.69, 9.17) is 0 Å². The van der Waals surface area contributed by atoms with Crippen LogP contribution < -0.4 is 0 Å². The van der Waals surface area contributed by atoms with Crippen LogP contribution in [0.4, 0.5) is 13.2 Å². The van der Waals surface area contributed by atoms with E-state index >= 15 is 0 Å². The summed E-state index contributed by atoms with van der Waals surface area (Å²) in [6.45, 7) is 0. The van der Waals surface area contributed by atoms with Crippen molar-refractivity contribution < 1.29 is 13.2 Å². The van der Waals surface area contributed by atoms with Gasteiger partial charge in [0, 0.05) is 18.8 Å². The van der Waals surface area contributed by atoms with Crippen molar-refractivity contribution in [1.82, 2.24) is 9.78 Å². The molecule has 0 saturated heterocycles. The van der Waals surface area contributed by atoms with Crippen LogP contribution in [0.15, 0.2) is 36.5 Å². The number of benzene rings is 1. The van der Waals surface area contributed by atoms with E-state index in [0.29, 0.717) is 23.2 Å². The average Bonchev–Trinajstić information content (AvgIpc) is 3.00. The van der Waals surface area contributed by atoms with E-state index in [9.17, 15) is 18.4 Å². The predicted molar refractivity (Wildman–Crippen MR) is 84.7 cm³/mol. The zero-order valence-corrected chi connectivity index (χ0v) is 13.1. The standard InChI is InChI=1S/C18H16F3N3/c1-24-9-8-17(23-24)16-10-13(2-3-14(16)11-22)12-4-6-15(7-5-12)18(19,20)21/h2-4,8-10,15H,5-7H2,1H3. The molecule has 0 saturated carbocycles. The summed E-state index contributed by atoms with van der Waals surface area (Å²) in [6, 6.07) is 9.31. The van der Waals surface area contributed by atoms with Crippen molar-refractivity contribution in [2.45, 2.75) is 25.4 Å². The monoisotopic (exact) mass is 331 g/mol. The lowest BCUT2D eigenvalue weighted by Gasteiger charge is -2.24. The zero-order valence-electron chi connectivity index (χ0n) is 13.1. The Hall–Kier alpha value is -2.55. The Morgan fingerprint density at radius 3 is 2.62 bits per heavy atom. The number of aromatic nitrogens is 2. The number of hydrogen-bond acceptors (Lipinski definition) is 2. The summed E-state index contributed by atoms with van der Waals surface area (Å²) in [5, 5.41) is 13.6. The van der Waals surface area contributed by atoms with E-state index in [2.05, 4.69) is 11.2 Å². The molecule has 0 fully saturated rings. The van der Waals surface area contributed by atoms with E-state index in [1.807, 2.05) is 12.1 Å². The SMILES string of the molecule is Cn1ccc(-c2cc(C3=CCC(C(F)(F)F)CC3)ccc2C#N)n1. The Morgan fingerprint density at radius 2 is 2.08 bits per heavy atom. The summed E-state index contributed by atoms with van der Waals surface area (Å²) in [6.07, 6.45) is -0.169. The number of aryl methyl sites for hydroxylation is 1. The van der Waals surface area contributed by atoms with Crippen molar-refractivity contribution in [3.63, 3.8) is 0 Å². The molecule has 1 aliphatic rings. The second kappa shape index (κ2) is 6.16. The van der Waals surface area contributed by atoms with Gasteiger partial charge < -0.3 is 0 Å². The van der Waals surface area contributed by atoms with Crippen LogP contribution in [0.1, 0.15) is 30.4 Å². The van der Waals surface area contributed by atoms with Gasteiger partial charge in [-0.15, -0.1) is 0 Å². The minimum absolute atomic E-state index is 0.0117. The molecule has 1 aromatic heterocycles. The van der Waals surface area contributed by atoms with Gasteiger partial charge in [0.15, 0.2) is 0 Å². The first-order chi connectivity index (χ1) is 11.4. The number of hydrogen-bond donors (Lipinski definition) is 0. The highest BCUT2D eigenvalue weighted by Gasteiger charge is 2.39. The van der Waals surface area contributed by atoms with Gasteiger partial charge in [-0.05, 0) is 48.6 Å². The van der Waals surface area contributed by atoms with Crippen LogP contribution in [0.25, 0.3) is 16.8 Å². The Labute approximate surface area is 138 Å². The molecule has 124 valence electrons. The summed E-state index contributed by atoms with van der Waals surface area (Å²) >= 11 is 0. The minimum Gasteiger partial charge on any atom is -0.275 e. The minimum atomic E-state index is -4.13. The van der Waals surface area contributed by atoms with Crippen LogP contribution in [-0.2, 0) is 7.05 Å². The number of alkyl halides is 3. The Morgan fingerprint density at radius 1 is 1.29 bits per heavy atom. The first-order valence-electron chi connectivity index (χ1n) is 7.69. The summed E-state index contributed by atoms with van der Waals surface area (Å²) in [5.74, 6) is -1.25. The third kappa shape index (κ3) is 3.21. The highest BCUT2D eigenvalue weighted by molar-refractivity contribution is 5.75. The van der Waals surface area contributed by atoms with Crippen molar-refractivity contribution in [3.8, 4) is 17.3 Å². The number of nitriles is 1. The summed E-state index contributed by atoms with van der Waals surface area (Å²) in [7, 11) is 1.79. The van der Waals surface area contributed by atoms with Gasteiger partial charge in [0.1, 0.15) is 0 Å². The molecule has 1 unspecified atom stereocenters. The summed E-state index contributed by atoms with van der Waals surface area (Å²) in [4.78, 5) is 0. The molecule has 2 aromatic rings. The van der Waals surface area contributed by atoms with E-state index < -0.39 is 12.1 Å². The van der Waals surface area contributed by atoms with Crippen LogP contribution in [0.5, 0.6) is 0 Å². The van der Waals surface area contributed by atoms with Crippen LogP contribution in [0.2, 0.25) is 0 Å². The first kappa shape index (κ1) is 16.3. The fraction of sp³-hybridized carbons (Fsp3) is 0.333. The lowest BCUT2D eigenvalue weighted by molar-refractivity contribution is -0.175. The van der Waals surface area contributed by atoms with Crippen molar-refractivity contribution in [1.29, 1.82) is 5.26 Å². The van der Waals surface area contributed by atoms with Gasteiger partial charge in [0.05, 0.1) is 23.2 Å². The van der Waals surface area contributed by atoms with Gasteiger partial charge in [-0.1, -0.05) is 12.1 Å². The van der Waals surface area contributed by atoms with Crippen LogP contribution in [0, 0.1) is 17.2 Å². The van der Waals surface area contributed by atoms with Gasteiger partial charge in [0.2, 0.25) is 0 Å². The molecule has 0 amide bonds. The molecular formula is C18H16F3N3. The van der Waals surface area contributed by atoms with Crippen LogP contribution in [-0.4, -0.2) is 16.0 Å². The second-order valence-corrected chi connectivity index (χ2v) is 5.99. The molecule has 3 rings (SSSR count). The highest BCUT2D eigenvalue weighted by atomic mass is 19.4. The average molecular weight is 331 g/mol. The molecule has 0 bridgehead atoms. The number of halogens is 3. The zero-order chi connectivity index (χ0) is 17.3. The van der Waals surface area contributed by atoms with E-state index in [-0.39, 0.29) is 12.8 Å². The molecule has 1 atom stereocenters. The molecule has 3 nitrogen and oxygen atoms in total. The number of nitrogens with zero attached hydrogens (tertiary/aromatic N) is 3. The van der Waals surface area contributed by atoms with Crippen LogP contribution >= 0.6 is 0 Å². The third-order valence-electron chi connectivity index (χ3n) is 4.37. The van der Waals surface area contributed by atoms with Crippen molar-refractivity contribution in [3.05, 3.63) is 47.7 Å². The normalized spacial score (nSPS) is 18.1. The lowest BCUT2D eigenvalue weighted by atomic mass is 9.85. The molecule has 0 N–H and O–H groups in total. The first-order valence-corrected chi connectivity index (χ1v) is 7.69. The van der Waals surface area contributed by atoms with Crippen LogP contribution in [0.3, 0.4) is 0 Å². The Kier molecular flexibility index (Phi) is 4.18. The summed E-state index contributed by atoms with van der Waals surface area (Å²) in [5.41, 5.74) is 3.64. The topological polar surface area (TPSA) is 41.6 Å². The van der Waals surface area contributed by atoms with Crippen molar-refractivity contribution in [2.75, 3.05) is 0 Å². The smallest absolute Gasteiger partial charge is 0.275 e. The fourth-order valence-corrected chi connectivity index (χ4v) is 3.01. The quantitative estimate of drug-likeness (QED) is 0.800. The van der Waals surface area contributed by atoms with Gasteiger partial charge >= 0.3 is 6.18 Å². The van der Waals surface area contributed by atoms with E-state index in [1.165, 1.54) is 0 Å². The highest BCUT2D eigenvalue weighted by Crippen LogP contribution is 2.40. The largest absolute Gasteiger partial charge is 0.392 e. The fourth-order valence-electron chi connectivity index (χ4n) is 3.01. The molecule has 0 aliphatic heterocycles. The molecular weight excluding hydrogens is 315 g/mol. The van der Waals surface area contributed by atoms with Gasteiger partial charge in [-0.25, -0.2) is 0 Å². The maximum Gasteiger partial charge on any atom is 0.392 e. The third-order valence-corrected chi connectivity index (χ3v) is 4.37. The molecule has 24 heavy (non-hydrogen) atoms. The van der Waals surface area contributed by atoms with Crippen molar-refractivity contribution in [2.24, 2.45) is 13.0 Å². The summed E-state index contributed by atoms with van der Waals surface area (Å²) < 4.78 is 40.0. The predicted octanol–water partition coefficient (Wildman–Crippen LogP) is 4.70. The Balaban J connectivity index is 1.93.